The lowest BCUT2D eigenvalue weighted by atomic mass is 10.3. The lowest BCUT2D eigenvalue weighted by Gasteiger charge is -2.18. The maximum Gasteiger partial charge on any atom is 0.151 e. The predicted octanol–water partition coefficient (Wildman–Crippen LogP) is 0.250. The number of aliphatic hydroxyl groups is 1. The number of anilines is 2. The lowest BCUT2D eigenvalue weighted by Crippen LogP contribution is -2.26. The minimum Gasteiger partial charge on any atom is -0.396 e. The molecule has 3 N–H and O–H groups in total. The summed E-state index contributed by atoms with van der Waals surface area (Å²) in [5, 5.41) is 9.81. The summed E-state index contributed by atoms with van der Waals surface area (Å²) in [5.74, 6) is 0.726. The van der Waals surface area contributed by atoms with Gasteiger partial charge in [0.2, 0.25) is 0 Å². The zero-order chi connectivity index (χ0) is 11.5. The minimum absolute atomic E-state index is 0.147. The fourth-order valence-corrected chi connectivity index (χ4v) is 1.98. The van der Waals surface area contributed by atoms with Crippen molar-refractivity contribution in [2.45, 2.75) is 19.1 Å². The molecular formula is C11H17N3O2. The number of nitrogens with two attached hydrogens (primary N) is 1. The Balaban J connectivity index is 2.11. The molecule has 2 rings (SSSR count). The maximum absolute atomic E-state index is 9.81. The van der Waals surface area contributed by atoms with E-state index < -0.39 is 6.10 Å². The van der Waals surface area contributed by atoms with Crippen LogP contribution in [0.5, 0.6) is 0 Å². The van der Waals surface area contributed by atoms with Gasteiger partial charge in [0, 0.05) is 25.9 Å². The van der Waals surface area contributed by atoms with Crippen molar-refractivity contribution in [3.05, 3.63) is 18.3 Å². The van der Waals surface area contributed by atoms with E-state index in [1.165, 1.54) is 0 Å². The smallest absolute Gasteiger partial charge is 0.151 e. The Morgan fingerprint density at radius 3 is 3.12 bits per heavy atom. The quantitative estimate of drug-likeness (QED) is 0.768. The summed E-state index contributed by atoms with van der Waals surface area (Å²) in [5.41, 5.74) is 6.47. The summed E-state index contributed by atoms with van der Waals surface area (Å²) in [6.07, 6.45) is 1.08. The van der Waals surface area contributed by atoms with Gasteiger partial charge in [0.25, 0.3) is 0 Å². The second-order valence-corrected chi connectivity index (χ2v) is 3.88. The first kappa shape index (κ1) is 11.2. The molecule has 1 fully saturated rings. The van der Waals surface area contributed by atoms with Crippen molar-refractivity contribution < 1.29 is 9.84 Å². The number of hydrogen-bond acceptors (Lipinski definition) is 5. The van der Waals surface area contributed by atoms with E-state index in [0.717, 1.165) is 5.82 Å². The van der Waals surface area contributed by atoms with Crippen LogP contribution >= 0.6 is 0 Å². The topological polar surface area (TPSA) is 71.6 Å². The molecule has 2 unspecified atom stereocenters. The molecule has 0 aromatic carbocycles. The molecule has 16 heavy (non-hydrogen) atoms. The standard InChI is InChI=1S/C11H17N3O2/c1-2-16-10-7-14(6-9(10)15)11-8(12)4-3-5-13-11/h3-5,9-10,15H,2,6-7,12H2,1H3. The average molecular weight is 223 g/mol. The zero-order valence-electron chi connectivity index (χ0n) is 9.34. The van der Waals surface area contributed by atoms with Crippen LogP contribution < -0.4 is 10.6 Å². The highest BCUT2D eigenvalue weighted by Crippen LogP contribution is 2.24. The Morgan fingerprint density at radius 1 is 1.62 bits per heavy atom. The van der Waals surface area contributed by atoms with E-state index in [-0.39, 0.29) is 6.10 Å². The van der Waals surface area contributed by atoms with E-state index in [1.807, 2.05) is 17.9 Å². The molecule has 1 aromatic heterocycles. The first-order valence-corrected chi connectivity index (χ1v) is 5.47. The van der Waals surface area contributed by atoms with E-state index in [9.17, 15) is 5.11 Å². The molecule has 88 valence electrons. The molecule has 0 radical (unpaired) electrons. The van der Waals surface area contributed by atoms with Gasteiger partial charge in [0.15, 0.2) is 5.82 Å². The van der Waals surface area contributed by atoms with Gasteiger partial charge in [0.1, 0.15) is 6.10 Å². The molecule has 0 saturated carbocycles. The highest BCUT2D eigenvalue weighted by atomic mass is 16.5. The van der Waals surface area contributed by atoms with Gasteiger partial charge >= 0.3 is 0 Å². The predicted molar refractivity (Wildman–Crippen MR) is 62.3 cm³/mol. The van der Waals surface area contributed by atoms with Gasteiger partial charge in [0.05, 0.1) is 11.8 Å². The second-order valence-electron chi connectivity index (χ2n) is 3.88. The summed E-state index contributed by atoms with van der Waals surface area (Å²) >= 11 is 0. The minimum atomic E-state index is -0.471. The van der Waals surface area contributed by atoms with Gasteiger partial charge in [-0.1, -0.05) is 0 Å². The molecule has 0 spiro atoms. The number of nitrogen functional groups attached to an aromatic ring is 1. The van der Waals surface area contributed by atoms with Gasteiger partial charge in [-0.2, -0.15) is 0 Å². The zero-order valence-corrected chi connectivity index (χ0v) is 9.34. The molecule has 5 heteroatoms. The monoisotopic (exact) mass is 223 g/mol. The van der Waals surface area contributed by atoms with Crippen molar-refractivity contribution in [1.82, 2.24) is 4.98 Å². The summed E-state index contributed by atoms with van der Waals surface area (Å²) in [4.78, 5) is 6.18. The van der Waals surface area contributed by atoms with Gasteiger partial charge in [-0.05, 0) is 19.1 Å². The summed E-state index contributed by atoms with van der Waals surface area (Å²) in [6.45, 7) is 3.68. The van der Waals surface area contributed by atoms with Crippen LogP contribution in [-0.2, 0) is 4.74 Å². The number of aromatic nitrogens is 1. The molecule has 1 aliphatic rings. The van der Waals surface area contributed by atoms with E-state index in [1.54, 1.807) is 12.3 Å². The second kappa shape index (κ2) is 4.67. The van der Waals surface area contributed by atoms with Crippen LogP contribution in [0.4, 0.5) is 11.5 Å². The Bertz CT molecular complexity index is 359. The van der Waals surface area contributed by atoms with Gasteiger partial charge in [-0.3, -0.25) is 0 Å². The molecule has 0 amide bonds. The highest BCUT2D eigenvalue weighted by Gasteiger charge is 2.33. The van der Waals surface area contributed by atoms with Crippen LogP contribution in [0.2, 0.25) is 0 Å². The van der Waals surface area contributed by atoms with Crippen molar-refractivity contribution in [2.24, 2.45) is 0 Å². The first-order chi connectivity index (χ1) is 7.72. The van der Waals surface area contributed by atoms with E-state index >= 15 is 0 Å². The van der Waals surface area contributed by atoms with Crippen LogP contribution in [0.3, 0.4) is 0 Å². The maximum atomic E-state index is 9.81. The summed E-state index contributed by atoms with van der Waals surface area (Å²) in [7, 11) is 0. The third-order valence-corrected chi connectivity index (χ3v) is 2.73. The fraction of sp³-hybridized carbons (Fsp3) is 0.545. The van der Waals surface area contributed by atoms with Crippen molar-refractivity contribution in [3.8, 4) is 0 Å². The van der Waals surface area contributed by atoms with Gasteiger partial charge in [-0.25, -0.2) is 4.98 Å². The van der Waals surface area contributed by atoms with Crippen LogP contribution in [-0.4, -0.2) is 42.0 Å². The van der Waals surface area contributed by atoms with Gasteiger partial charge in [-0.15, -0.1) is 0 Å². The molecule has 1 saturated heterocycles. The van der Waals surface area contributed by atoms with Crippen molar-refractivity contribution in [2.75, 3.05) is 30.3 Å². The fourth-order valence-electron chi connectivity index (χ4n) is 1.98. The Labute approximate surface area is 94.8 Å². The van der Waals surface area contributed by atoms with Crippen LogP contribution in [0.25, 0.3) is 0 Å². The van der Waals surface area contributed by atoms with Crippen molar-refractivity contribution in [3.63, 3.8) is 0 Å². The molecule has 2 heterocycles. The lowest BCUT2D eigenvalue weighted by molar-refractivity contribution is -0.00189. The molecule has 2 atom stereocenters. The first-order valence-electron chi connectivity index (χ1n) is 5.47. The third-order valence-electron chi connectivity index (χ3n) is 2.73. The van der Waals surface area contributed by atoms with Gasteiger partial charge < -0.3 is 20.5 Å². The number of hydrogen-bond donors (Lipinski definition) is 2. The van der Waals surface area contributed by atoms with E-state index in [0.29, 0.717) is 25.4 Å². The SMILES string of the molecule is CCOC1CN(c2ncccc2N)CC1O. The molecule has 0 bridgehead atoms. The summed E-state index contributed by atoms with van der Waals surface area (Å²) < 4.78 is 5.45. The Kier molecular flexibility index (Phi) is 3.26. The number of pyridine rings is 1. The number of ether oxygens (including phenoxy) is 1. The van der Waals surface area contributed by atoms with E-state index in [2.05, 4.69) is 4.98 Å². The number of rotatable bonds is 3. The third kappa shape index (κ3) is 2.10. The molecule has 1 aliphatic heterocycles. The van der Waals surface area contributed by atoms with Crippen molar-refractivity contribution >= 4 is 11.5 Å². The van der Waals surface area contributed by atoms with Crippen molar-refractivity contribution in [1.29, 1.82) is 0 Å². The van der Waals surface area contributed by atoms with Crippen LogP contribution in [0.1, 0.15) is 6.92 Å². The van der Waals surface area contributed by atoms with E-state index in [4.69, 9.17) is 10.5 Å². The largest absolute Gasteiger partial charge is 0.396 e. The molecule has 0 aliphatic carbocycles. The molecular weight excluding hydrogens is 206 g/mol. The normalized spacial score (nSPS) is 25.0. The highest BCUT2D eigenvalue weighted by molar-refractivity contribution is 5.62. The molecule has 5 nitrogen and oxygen atoms in total. The summed E-state index contributed by atoms with van der Waals surface area (Å²) in [6, 6.07) is 3.61. The Hall–Kier alpha value is -1.33. The number of aliphatic hydroxyl groups excluding tert-OH is 1. The average Bonchev–Trinajstić information content (AvgIpc) is 2.61. The molecule has 1 aromatic rings. The number of β-amino-alcohol motifs (C(OH)–C–C–N with tert-alkyl or cyclic N) is 1. The van der Waals surface area contributed by atoms with Crippen LogP contribution in [0.15, 0.2) is 18.3 Å². The van der Waals surface area contributed by atoms with Crippen LogP contribution in [0, 0.1) is 0 Å². The Morgan fingerprint density at radius 2 is 2.44 bits per heavy atom. The number of nitrogens with zero attached hydrogens (tertiary/aromatic N) is 2.